The van der Waals surface area contributed by atoms with Crippen LogP contribution in [-0.4, -0.2) is 13.1 Å². The second kappa shape index (κ2) is 3.40. The van der Waals surface area contributed by atoms with Crippen molar-refractivity contribution < 1.29 is 14.2 Å². The van der Waals surface area contributed by atoms with E-state index in [-0.39, 0.29) is 6.42 Å². The van der Waals surface area contributed by atoms with Crippen molar-refractivity contribution in [2.75, 3.05) is 7.11 Å². The number of rotatable bonds is 1. The van der Waals surface area contributed by atoms with Crippen molar-refractivity contribution in [3.05, 3.63) is 0 Å². The van der Waals surface area contributed by atoms with Crippen LogP contribution in [0.25, 0.3) is 0 Å². The summed E-state index contributed by atoms with van der Waals surface area (Å²) in [4.78, 5) is 9.93. The molecule has 0 spiro atoms. The predicted molar refractivity (Wildman–Crippen MR) is 21.2 cm³/mol. The van der Waals surface area contributed by atoms with Gasteiger partial charge in [0.05, 0.1) is 0 Å². The van der Waals surface area contributed by atoms with Gasteiger partial charge in [0, 0.05) is 0 Å². The second-order valence-corrected chi connectivity index (χ2v) is 0.897. The third-order valence-corrected chi connectivity index (χ3v) is 0.444. The summed E-state index contributed by atoms with van der Waals surface area (Å²) in [6.45, 7) is 0. The SMILES string of the molecule is COC(=O)CC#[O+]. The van der Waals surface area contributed by atoms with Gasteiger partial charge in [-0.3, -0.25) is 0 Å². The predicted octanol–water partition coefficient (Wildman–Crippen LogP) is -0.0608. The summed E-state index contributed by atoms with van der Waals surface area (Å²) in [6, 6.07) is 0. The average Bonchev–Trinajstić information content (AvgIpc) is 1.68. The van der Waals surface area contributed by atoms with Crippen LogP contribution >= 0.6 is 0 Å². The van der Waals surface area contributed by atoms with E-state index in [0.29, 0.717) is 0 Å². The molecule has 0 rings (SSSR count). The first-order valence-corrected chi connectivity index (χ1v) is 1.73. The molecule has 0 amide bonds. The monoisotopic (exact) mass is 101 g/mol. The summed E-state index contributed by atoms with van der Waals surface area (Å²) < 4.78 is 13.4. The number of carbonyl (C=O) groups excluding carboxylic acids is 1. The van der Waals surface area contributed by atoms with Crippen LogP contribution in [0.15, 0.2) is 0 Å². The molecule has 0 aliphatic heterocycles. The molecule has 0 unspecified atom stereocenters. The number of esters is 1. The van der Waals surface area contributed by atoms with Crippen molar-refractivity contribution in [1.82, 2.24) is 0 Å². The summed E-state index contributed by atoms with van der Waals surface area (Å²) in [7, 11) is 1.22. The first-order chi connectivity index (χ1) is 3.31. The Balaban J connectivity index is 3.23. The standard InChI is InChI=1S/C4H5O3/c1-7-4(6)2-3-5/h2H2,1H3/q+1. The second-order valence-electron chi connectivity index (χ2n) is 0.897. The van der Waals surface area contributed by atoms with Gasteiger partial charge in [-0.15, -0.1) is 0 Å². The molecule has 0 aromatic carbocycles. The number of hydrogen-bond acceptors (Lipinski definition) is 2. The van der Waals surface area contributed by atoms with Gasteiger partial charge >= 0.3 is 39.8 Å². The molecule has 0 atom stereocenters. The van der Waals surface area contributed by atoms with Crippen LogP contribution in [-0.2, 0) is 14.2 Å². The van der Waals surface area contributed by atoms with Crippen molar-refractivity contribution in [1.29, 1.82) is 0 Å². The van der Waals surface area contributed by atoms with E-state index in [4.69, 9.17) is 0 Å². The van der Waals surface area contributed by atoms with Crippen LogP contribution in [0.3, 0.4) is 0 Å². The van der Waals surface area contributed by atoms with Crippen LogP contribution in [0.1, 0.15) is 6.42 Å². The van der Waals surface area contributed by atoms with Gasteiger partial charge in [-0.25, -0.2) is 0 Å². The van der Waals surface area contributed by atoms with Crippen LogP contribution in [0.4, 0.5) is 0 Å². The van der Waals surface area contributed by atoms with E-state index in [1.54, 1.807) is 0 Å². The molecule has 0 bridgehead atoms. The zero-order valence-corrected chi connectivity index (χ0v) is 3.93. The maximum absolute atomic E-state index is 9.93. The molecule has 0 saturated heterocycles. The molecule has 0 aliphatic carbocycles. The van der Waals surface area contributed by atoms with Gasteiger partial charge in [-0.1, -0.05) is 0 Å². The maximum atomic E-state index is 9.93. The Bertz CT molecular complexity index is 100.0. The van der Waals surface area contributed by atoms with E-state index < -0.39 is 5.97 Å². The molecule has 7 heavy (non-hydrogen) atoms. The van der Waals surface area contributed by atoms with Gasteiger partial charge in [0.2, 0.25) is 0 Å². The van der Waals surface area contributed by atoms with E-state index in [0.717, 1.165) is 0 Å². The normalized spacial score (nSPS) is 6.86. The number of carbonyl (C=O) groups is 1. The van der Waals surface area contributed by atoms with Crippen LogP contribution in [0.5, 0.6) is 0 Å². The number of hydrogen-bond donors (Lipinski definition) is 0. The Hall–Kier alpha value is -0.790. The fraction of sp³-hybridized carbons (Fsp3) is 0.500. The zero-order valence-electron chi connectivity index (χ0n) is 3.93. The Morgan fingerprint density at radius 1 is 2.00 bits per heavy atom. The summed E-state index contributed by atoms with van der Waals surface area (Å²) >= 11 is 0. The van der Waals surface area contributed by atoms with E-state index in [9.17, 15) is 9.45 Å². The summed E-state index contributed by atoms with van der Waals surface area (Å²) in [5, 5.41) is 0. The molecular weight excluding hydrogens is 96.0 g/mol. The molecule has 38 valence electrons. The van der Waals surface area contributed by atoms with E-state index >= 15 is 0 Å². The van der Waals surface area contributed by atoms with E-state index in [1.807, 2.05) is 0 Å². The number of ether oxygens (including phenoxy) is 1. The van der Waals surface area contributed by atoms with Gasteiger partial charge in [0.25, 0.3) is 0 Å². The third kappa shape index (κ3) is 3.03. The van der Waals surface area contributed by atoms with Crippen LogP contribution < -0.4 is 0 Å². The molecule has 0 N–H and O–H groups in total. The summed E-state index contributed by atoms with van der Waals surface area (Å²) in [5.41, 5.74) is 0. The average molecular weight is 101 g/mol. The van der Waals surface area contributed by atoms with E-state index in [2.05, 4.69) is 4.74 Å². The molecule has 0 aliphatic rings. The van der Waals surface area contributed by atoms with Gasteiger partial charge in [0.1, 0.15) is 0 Å². The Morgan fingerprint density at radius 3 is 2.71 bits per heavy atom. The molecule has 0 heterocycles. The summed E-state index contributed by atoms with van der Waals surface area (Å²) in [6.07, 6.45) is 1.13. The van der Waals surface area contributed by atoms with Gasteiger partial charge in [-0.05, 0) is 0 Å². The van der Waals surface area contributed by atoms with Crippen molar-refractivity contribution in [3.8, 4) is 6.15 Å². The molecule has 3 nitrogen and oxygen atoms in total. The van der Waals surface area contributed by atoms with Crippen molar-refractivity contribution in [2.45, 2.75) is 6.42 Å². The first-order valence-electron chi connectivity index (χ1n) is 1.73. The van der Waals surface area contributed by atoms with Gasteiger partial charge < -0.3 is 0 Å². The molecule has 0 radical (unpaired) electrons. The van der Waals surface area contributed by atoms with Crippen molar-refractivity contribution in [3.63, 3.8) is 0 Å². The number of methoxy groups -OCH3 is 1. The van der Waals surface area contributed by atoms with E-state index in [1.165, 1.54) is 13.3 Å². The third-order valence-electron chi connectivity index (χ3n) is 0.444. The first kappa shape index (κ1) is 6.21. The van der Waals surface area contributed by atoms with Crippen LogP contribution in [0.2, 0.25) is 0 Å². The van der Waals surface area contributed by atoms with Gasteiger partial charge in [0.15, 0.2) is 0 Å². The molecule has 0 saturated carbocycles. The van der Waals surface area contributed by atoms with Crippen molar-refractivity contribution in [2.24, 2.45) is 0 Å². The minimum absolute atomic E-state index is 0.267. The quantitative estimate of drug-likeness (QED) is 0.343. The molecular formula is C4H5O3+. The fourth-order valence-electron chi connectivity index (χ4n) is 0.131. The fourth-order valence-corrected chi connectivity index (χ4v) is 0.131. The topological polar surface area (TPSA) is 46.2 Å². The Labute approximate surface area is 41.0 Å². The molecule has 0 fully saturated rings. The van der Waals surface area contributed by atoms with Crippen molar-refractivity contribution >= 4 is 5.97 Å². The van der Waals surface area contributed by atoms with Gasteiger partial charge in [-0.2, -0.15) is 0 Å². The molecule has 0 aromatic heterocycles. The zero-order chi connectivity index (χ0) is 5.70. The molecule has 3 heteroatoms. The molecule has 0 aromatic rings. The Morgan fingerprint density at radius 2 is 2.57 bits per heavy atom. The minimum atomic E-state index is -0.546. The summed E-state index contributed by atoms with van der Waals surface area (Å²) in [5.74, 6) is -0.546. The Kier molecular flexibility index (Phi) is 3.02. The van der Waals surface area contributed by atoms with Crippen LogP contribution in [0, 0.1) is 6.15 Å².